The number of carbonyl (C=O) groups is 2. The van der Waals surface area contributed by atoms with Crippen molar-refractivity contribution < 1.29 is 14.3 Å². The maximum Gasteiger partial charge on any atom is 0.310 e. The minimum atomic E-state index is -0.251. The number of hydrogen-bond acceptors (Lipinski definition) is 4. The second kappa shape index (κ2) is 9.63. The monoisotopic (exact) mass is 325 g/mol. The van der Waals surface area contributed by atoms with Gasteiger partial charge in [0.25, 0.3) is 0 Å². The van der Waals surface area contributed by atoms with E-state index in [-0.39, 0.29) is 18.2 Å². The van der Waals surface area contributed by atoms with E-state index in [0.29, 0.717) is 18.7 Å². The average molecular weight is 325 g/mol. The zero-order valence-corrected chi connectivity index (χ0v) is 14.0. The van der Waals surface area contributed by atoms with Gasteiger partial charge in [0.15, 0.2) is 5.78 Å². The lowest BCUT2D eigenvalue weighted by Crippen LogP contribution is -2.25. The van der Waals surface area contributed by atoms with E-state index in [4.69, 9.17) is 4.74 Å². The maximum absolute atomic E-state index is 12.1. The van der Waals surface area contributed by atoms with Gasteiger partial charge in [-0.25, -0.2) is 0 Å². The zero-order chi connectivity index (χ0) is 17.2. The Morgan fingerprint density at radius 2 is 1.67 bits per heavy atom. The summed E-state index contributed by atoms with van der Waals surface area (Å²) < 4.78 is 4.91. The number of ketones is 1. The van der Waals surface area contributed by atoms with E-state index in [9.17, 15) is 9.59 Å². The van der Waals surface area contributed by atoms with Crippen LogP contribution in [0, 0.1) is 0 Å². The highest BCUT2D eigenvalue weighted by Crippen LogP contribution is 2.07. The molecule has 4 nitrogen and oxygen atoms in total. The quantitative estimate of drug-likeness (QED) is 0.438. The lowest BCUT2D eigenvalue weighted by molar-refractivity contribution is -0.142. The Hall–Kier alpha value is -2.46. The van der Waals surface area contributed by atoms with Crippen molar-refractivity contribution in [2.24, 2.45) is 0 Å². The molecule has 0 bridgehead atoms. The van der Waals surface area contributed by atoms with Crippen LogP contribution in [-0.2, 0) is 22.4 Å². The second-order valence-electron chi connectivity index (χ2n) is 5.51. The molecule has 0 fully saturated rings. The first-order valence-corrected chi connectivity index (χ1v) is 8.21. The lowest BCUT2D eigenvalue weighted by Gasteiger charge is -2.06. The lowest BCUT2D eigenvalue weighted by atomic mass is 10.1. The highest BCUT2D eigenvalue weighted by Gasteiger charge is 2.07. The van der Waals surface area contributed by atoms with Gasteiger partial charge in [0.05, 0.1) is 19.6 Å². The molecular formula is C20H23NO3. The van der Waals surface area contributed by atoms with Gasteiger partial charge in [0, 0.05) is 5.56 Å². The molecule has 126 valence electrons. The fourth-order valence-corrected chi connectivity index (χ4v) is 2.37. The molecule has 0 aliphatic rings. The van der Waals surface area contributed by atoms with E-state index in [1.807, 2.05) is 18.2 Å². The van der Waals surface area contributed by atoms with Crippen LogP contribution in [0.15, 0.2) is 54.6 Å². The largest absolute Gasteiger partial charge is 0.466 e. The standard InChI is InChI=1S/C20H23NO3/c1-2-24-20(23)14-17-8-10-18(11-9-17)19(22)15-21-13-12-16-6-4-3-5-7-16/h3-11,21H,2,12-15H2,1H3. The Balaban J connectivity index is 1.75. The molecule has 0 aliphatic carbocycles. The van der Waals surface area contributed by atoms with Crippen molar-refractivity contribution in [3.8, 4) is 0 Å². The average Bonchev–Trinajstić information content (AvgIpc) is 2.60. The summed E-state index contributed by atoms with van der Waals surface area (Å²) in [6.45, 7) is 3.23. The van der Waals surface area contributed by atoms with Gasteiger partial charge in [-0.15, -0.1) is 0 Å². The Morgan fingerprint density at radius 1 is 0.958 bits per heavy atom. The number of benzene rings is 2. The summed E-state index contributed by atoms with van der Waals surface area (Å²) in [6.07, 6.45) is 1.13. The van der Waals surface area contributed by atoms with Gasteiger partial charge in [0.1, 0.15) is 0 Å². The Labute approximate surface area is 142 Å². The number of hydrogen-bond donors (Lipinski definition) is 1. The molecule has 0 radical (unpaired) electrons. The summed E-state index contributed by atoms with van der Waals surface area (Å²) in [5.41, 5.74) is 2.75. The summed E-state index contributed by atoms with van der Waals surface area (Å²) in [4.78, 5) is 23.6. The summed E-state index contributed by atoms with van der Waals surface area (Å²) in [5.74, 6) is -0.204. The molecule has 4 heteroatoms. The molecule has 0 saturated carbocycles. The molecule has 0 spiro atoms. The van der Waals surface area contributed by atoms with Gasteiger partial charge in [0.2, 0.25) is 0 Å². The van der Waals surface area contributed by atoms with Crippen LogP contribution in [-0.4, -0.2) is 31.4 Å². The Kier molecular flexibility index (Phi) is 7.18. The Morgan fingerprint density at radius 3 is 2.33 bits per heavy atom. The normalized spacial score (nSPS) is 10.4. The molecule has 24 heavy (non-hydrogen) atoms. The van der Waals surface area contributed by atoms with E-state index < -0.39 is 0 Å². The summed E-state index contributed by atoms with van der Waals surface area (Å²) >= 11 is 0. The molecule has 0 unspecified atom stereocenters. The van der Waals surface area contributed by atoms with E-state index in [2.05, 4.69) is 17.4 Å². The van der Waals surface area contributed by atoms with Crippen molar-refractivity contribution in [2.75, 3.05) is 19.7 Å². The SMILES string of the molecule is CCOC(=O)Cc1ccc(C(=O)CNCCc2ccccc2)cc1. The first-order valence-electron chi connectivity index (χ1n) is 8.21. The van der Waals surface area contributed by atoms with Crippen LogP contribution in [0.2, 0.25) is 0 Å². The van der Waals surface area contributed by atoms with Crippen molar-refractivity contribution >= 4 is 11.8 Å². The number of carbonyl (C=O) groups excluding carboxylic acids is 2. The van der Waals surface area contributed by atoms with Crippen molar-refractivity contribution in [1.29, 1.82) is 0 Å². The zero-order valence-electron chi connectivity index (χ0n) is 14.0. The molecule has 0 atom stereocenters. The molecule has 2 rings (SSSR count). The molecule has 0 amide bonds. The highest BCUT2D eigenvalue weighted by molar-refractivity contribution is 5.97. The van der Waals surface area contributed by atoms with Crippen LogP contribution in [0.5, 0.6) is 0 Å². The van der Waals surface area contributed by atoms with Crippen molar-refractivity contribution in [1.82, 2.24) is 5.32 Å². The molecular weight excluding hydrogens is 302 g/mol. The van der Waals surface area contributed by atoms with Crippen molar-refractivity contribution in [3.63, 3.8) is 0 Å². The predicted molar refractivity (Wildman–Crippen MR) is 94.1 cm³/mol. The van der Waals surface area contributed by atoms with Crippen LogP contribution < -0.4 is 5.32 Å². The maximum atomic E-state index is 12.1. The van der Waals surface area contributed by atoms with Crippen molar-refractivity contribution in [3.05, 3.63) is 71.3 Å². The number of rotatable bonds is 9. The van der Waals surface area contributed by atoms with Gasteiger partial charge < -0.3 is 10.1 Å². The van der Waals surface area contributed by atoms with Crippen molar-refractivity contribution in [2.45, 2.75) is 19.8 Å². The van der Waals surface area contributed by atoms with E-state index in [1.165, 1.54) is 5.56 Å². The van der Waals surface area contributed by atoms with Gasteiger partial charge >= 0.3 is 5.97 Å². The highest BCUT2D eigenvalue weighted by atomic mass is 16.5. The molecule has 2 aromatic carbocycles. The number of nitrogens with one attached hydrogen (secondary N) is 1. The molecule has 1 N–H and O–H groups in total. The number of Topliss-reactive ketones (excluding diaryl/α,β-unsaturated/α-hetero) is 1. The van der Waals surface area contributed by atoms with Crippen LogP contribution in [0.3, 0.4) is 0 Å². The second-order valence-corrected chi connectivity index (χ2v) is 5.51. The van der Waals surface area contributed by atoms with Gasteiger partial charge in [-0.1, -0.05) is 54.6 Å². The number of esters is 1. The minimum absolute atomic E-state index is 0.0470. The third-order valence-electron chi connectivity index (χ3n) is 3.65. The molecule has 0 heterocycles. The smallest absolute Gasteiger partial charge is 0.310 e. The van der Waals surface area contributed by atoms with Gasteiger partial charge in [-0.05, 0) is 31.0 Å². The summed E-state index contributed by atoms with van der Waals surface area (Å²) in [5, 5.41) is 3.17. The molecule has 2 aromatic rings. The third-order valence-corrected chi connectivity index (χ3v) is 3.65. The van der Waals surface area contributed by atoms with E-state index >= 15 is 0 Å². The Bertz CT molecular complexity index is 650. The van der Waals surface area contributed by atoms with Crippen LogP contribution in [0.4, 0.5) is 0 Å². The van der Waals surface area contributed by atoms with E-state index in [0.717, 1.165) is 18.5 Å². The van der Waals surface area contributed by atoms with Gasteiger partial charge in [-0.3, -0.25) is 9.59 Å². The van der Waals surface area contributed by atoms with E-state index in [1.54, 1.807) is 31.2 Å². The first kappa shape index (κ1) is 17.9. The van der Waals surface area contributed by atoms with Crippen LogP contribution >= 0.6 is 0 Å². The fraction of sp³-hybridized carbons (Fsp3) is 0.300. The summed E-state index contributed by atoms with van der Waals surface area (Å²) in [7, 11) is 0. The molecule has 0 aliphatic heterocycles. The topological polar surface area (TPSA) is 55.4 Å². The first-order chi connectivity index (χ1) is 11.7. The minimum Gasteiger partial charge on any atom is -0.466 e. The molecule has 0 aromatic heterocycles. The van der Waals surface area contributed by atoms with Gasteiger partial charge in [-0.2, -0.15) is 0 Å². The van der Waals surface area contributed by atoms with Crippen LogP contribution in [0.25, 0.3) is 0 Å². The fourth-order valence-electron chi connectivity index (χ4n) is 2.37. The molecule has 0 saturated heterocycles. The third kappa shape index (κ3) is 5.97. The van der Waals surface area contributed by atoms with Crippen LogP contribution in [0.1, 0.15) is 28.4 Å². The number of ether oxygens (including phenoxy) is 1. The predicted octanol–water partition coefficient (Wildman–Crippen LogP) is 2.81. The summed E-state index contributed by atoms with van der Waals surface area (Å²) in [6, 6.07) is 17.3.